The minimum Gasteiger partial charge on any atom is -0.352 e. The third-order valence-electron chi connectivity index (χ3n) is 4.40. The molecule has 1 amide bonds. The van der Waals surface area contributed by atoms with Gasteiger partial charge in [0.1, 0.15) is 0 Å². The largest absolute Gasteiger partial charge is 0.352 e. The summed E-state index contributed by atoms with van der Waals surface area (Å²) in [6.07, 6.45) is 2.32. The van der Waals surface area contributed by atoms with E-state index in [0.717, 1.165) is 10.8 Å². The van der Waals surface area contributed by atoms with E-state index in [0.29, 0.717) is 27.6 Å². The minimum atomic E-state index is 0.0861. The van der Waals surface area contributed by atoms with Crippen LogP contribution >= 0.6 is 35.3 Å². The van der Waals surface area contributed by atoms with Crippen LogP contribution < -0.4 is 5.32 Å². The molecule has 2 aliphatic rings. The van der Waals surface area contributed by atoms with Crippen LogP contribution in [0.1, 0.15) is 23.5 Å². The van der Waals surface area contributed by atoms with Crippen molar-refractivity contribution >= 4 is 41.2 Å². The highest BCUT2D eigenvalue weighted by Crippen LogP contribution is 2.54. The summed E-state index contributed by atoms with van der Waals surface area (Å²) in [6, 6.07) is 8.94. The Morgan fingerprint density at radius 1 is 1.50 bits per heavy atom. The zero-order valence-electron chi connectivity index (χ0n) is 11.7. The zero-order valence-corrected chi connectivity index (χ0v) is 14.2. The number of hydrogen-bond acceptors (Lipinski definition) is 5. The van der Waals surface area contributed by atoms with Crippen LogP contribution in [0, 0.1) is 9.87 Å². The first-order valence-corrected chi connectivity index (χ1v) is 9.49. The van der Waals surface area contributed by atoms with Crippen LogP contribution in [0.25, 0.3) is 0 Å². The number of amides is 1. The quantitative estimate of drug-likeness (QED) is 0.658. The molecule has 0 saturated heterocycles. The van der Waals surface area contributed by atoms with E-state index in [9.17, 15) is 4.79 Å². The Morgan fingerprint density at radius 2 is 2.36 bits per heavy atom. The lowest BCUT2D eigenvalue weighted by Gasteiger charge is -2.13. The molecule has 0 radical (unpaired) electrons. The molecule has 1 aromatic carbocycles. The summed E-state index contributed by atoms with van der Waals surface area (Å²) < 4.78 is 1.46. The number of aromatic nitrogens is 2. The number of benzene rings is 1. The van der Waals surface area contributed by atoms with Crippen LogP contribution in [0.3, 0.4) is 0 Å². The molecule has 0 aliphatic heterocycles. The summed E-state index contributed by atoms with van der Waals surface area (Å²) in [5, 5.41) is 9.98. The molecule has 4 nitrogen and oxygen atoms in total. The molecule has 2 aromatic rings. The number of nitrogens with one attached hydrogen (secondary N) is 2. The predicted molar refractivity (Wildman–Crippen MR) is 90.9 cm³/mol. The second-order valence-corrected chi connectivity index (χ2v) is 8.58. The Morgan fingerprint density at radius 3 is 3.18 bits per heavy atom. The number of hydrogen-bond donors (Lipinski definition) is 2. The molecule has 2 N–H and O–H groups in total. The molecule has 1 fully saturated rings. The smallest absolute Gasteiger partial charge is 0.230 e. The van der Waals surface area contributed by atoms with Gasteiger partial charge in [0.05, 0.1) is 5.75 Å². The van der Waals surface area contributed by atoms with Crippen LogP contribution in [0.15, 0.2) is 28.6 Å². The Bertz CT molecular complexity index is 769. The van der Waals surface area contributed by atoms with Crippen molar-refractivity contribution in [2.45, 2.75) is 29.1 Å². The van der Waals surface area contributed by atoms with Crippen molar-refractivity contribution in [2.75, 3.05) is 5.75 Å². The Labute approximate surface area is 141 Å². The first-order chi connectivity index (χ1) is 10.7. The molecule has 0 unspecified atom stereocenters. The van der Waals surface area contributed by atoms with E-state index in [4.69, 9.17) is 12.2 Å². The van der Waals surface area contributed by atoms with Crippen LogP contribution in [0.5, 0.6) is 0 Å². The number of thioether (sulfide) groups is 1. The van der Waals surface area contributed by atoms with Crippen LogP contribution in [0.4, 0.5) is 0 Å². The van der Waals surface area contributed by atoms with E-state index in [1.165, 1.54) is 40.6 Å². The highest BCUT2D eigenvalue weighted by atomic mass is 32.2. The molecule has 2 aliphatic carbocycles. The van der Waals surface area contributed by atoms with E-state index in [1.807, 2.05) is 0 Å². The van der Waals surface area contributed by atoms with Crippen LogP contribution in [-0.4, -0.2) is 27.9 Å². The van der Waals surface area contributed by atoms with Crippen molar-refractivity contribution in [3.05, 3.63) is 39.3 Å². The maximum absolute atomic E-state index is 12.1. The summed E-state index contributed by atoms with van der Waals surface area (Å²) in [6.45, 7) is 0. The number of aromatic amines is 1. The molecular weight excluding hydrogens is 334 g/mol. The van der Waals surface area contributed by atoms with E-state index < -0.39 is 0 Å². The van der Waals surface area contributed by atoms with Gasteiger partial charge in [-0.05, 0) is 42.1 Å². The average molecular weight is 350 g/mol. The predicted octanol–water partition coefficient (Wildman–Crippen LogP) is 3.14. The normalized spacial score (nSPS) is 25.2. The fourth-order valence-electron chi connectivity index (χ4n) is 3.40. The van der Waals surface area contributed by atoms with Crippen LogP contribution in [-0.2, 0) is 11.2 Å². The SMILES string of the molecule is O=C(CSc1n[nH]c(=S)s1)N[C@@H]1[C@H]2CCc3ccccc3[C@@H]21. The van der Waals surface area contributed by atoms with Crippen molar-refractivity contribution in [3.8, 4) is 0 Å². The summed E-state index contributed by atoms with van der Waals surface area (Å²) in [7, 11) is 0. The van der Waals surface area contributed by atoms with Gasteiger partial charge in [0.15, 0.2) is 8.29 Å². The second-order valence-electron chi connectivity index (χ2n) is 5.69. The highest BCUT2D eigenvalue weighted by molar-refractivity contribution is 8.01. The first kappa shape index (κ1) is 14.4. The van der Waals surface area contributed by atoms with Gasteiger partial charge in [-0.2, -0.15) is 5.10 Å². The third-order valence-corrected chi connectivity index (χ3v) is 6.63. The van der Waals surface area contributed by atoms with Gasteiger partial charge in [0.2, 0.25) is 5.91 Å². The van der Waals surface area contributed by atoms with Crippen molar-refractivity contribution in [1.29, 1.82) is 0 Å². The molecule has 1 aromatic heterocycles. The molecule has 114 valence electrons. The zero-order chi connectivity index (χ0) is 15.1. The standard InChI is InChI=1S/C15H15N3OS3/c19-11(7-21-15-18-17-14(20)22-15)16-13-10-6-5-8-3-1-2-4-9(8)12(10)13/h1-4,10,12-13H,5-7H2,(H,16,19)(H,17,20)/t10-,12-,13+/m0/s1. The molecule has 0 bridgehead atoms. The lowest BCUT2D eigenvalue weighted by atomic mass is 9.92. The van der Waals surface area contributed by atoms with E-state index in [-0.39, 0.29) is 5.91 Å². The van der Waals surface area contributed by atoms with E-state index >= 15 is 0 Å². The minimum absolute atomic E-state index is 0.0861. The van der Waals surface area contributed by atoms with Gasteiger partial charge in [-0.1, -0.05) is 47.4 Å². The maximum Gasteiger partial charge on any atom is 0.230 e. The molecule has 1 heterocycles. The van der Waals surface area contributed by atoms with Crippen molar-refractivity contribution in [2.24, 2.45) is 5.92 Å². The topological polar surface area (TPSA) is 57.8 Å². The van der Waals surface area contributed by atoms with Gasteiger partial charge < -0.3 is 5.32 Å². The average Bonchev–Trinajstić information content (AvgIpc) is 3.06. The fourth-order valence-corrected chi connectivity index (χ4v) is 5.29. The Hall–Kier alpha value is -1.18. The van der Waals surface area contributed by atoms with Gasteiger partial charge in [0.25, 0.3) is 0 Å². The van der Waals surface area contributed by atoms with E-state index in [1.54, 1.807) is 0 Å². The number of H-pyrrole nitrogens is 1. The van der Waals surface area contributed by atoms with Gasteiger partial charge >= 0.3 is 0 Å². The number of rotatable bonds is 4. The number of fused-ring (bicyclic) bond motifs is 3. The number of carbonyl (C=O) groups excluding carboxylic acids is 1. The first-order valence-electron chi connectivity index (χ1n) is 7.28. The van der Waals surface area contributed by atoms with Crippen LogP contribution in [0.2, 0.25) is 0 Å². The maximum atomic E-state index is 12.1. The van der Waals surface area contributed by atoms with E-state index in [2.05, 4.69) is 39.8 Å². The fraction of sp³-hybridized carbons (Fsp3) is 0.400. The van der Waals surface area contributed by atoms with Gasteiger partial charge in [-0.25, -0.2) is 0 Å². The molecule has 4 rings (SSSR count). The Balaban J connectivity index is 1.35. The molecule has 1 saturated carbocycles. The molecule has 0 spiro atoms. The molecule has 7 heteroatoms. The lowest BCUT2D eigenvalue weighted by molar-refractivity contribution is -0.118. The van der Waals surface area contributed by atoms with Gasteiger partial charge in [-0.15, -0.1) is 0 Å². The Kier molecular flexibility index (Phi) is 3.79. The summed E-state index contributed by atoms with van der Waals surface area (Å²) >= 11 is 7.83. The lowest BCUT2D eigenvalue weighted by Crippen LogP contribution is -2.29. The second kappa shape index (κ2) is 5.79. The summed E-state index contributed by atoms with van der Waals surface area (Å²) in [5.74, 6) is 1.62. The monoisotopic (exact) mass is 349 g/mol. The van der Waals surface area contributed by atoms with Gasteiger partial charge in [0, 0.05) is 12.0 Å². The van der Waals surface area contributed by atoms with Crippen molar-refractivity contribution < 1.29 is 4.79 Å². The molecular formula is C15H15N3OS3. The highest BCUT2D eigenvalue weighted by Gasteiger charge is 2.53. The number of nitrogens with zero attached hydrogens (tertiary/aromatic N) is 1. The van der Waals surface area contributed by atoms with Gasteiger partial charge in [-0.3, -0.25) is 9.89 Å². The van der Waals surface area contributed by atoms with Crippen molar-refractivity contribution in [3.63, 3.8) is 0 Å². The summed E-state index contributed by atoms with van der Waals surface area (Å²) in [4.78, 5) is 12.1. The number of carbonyl (C=O) groups is 1. The molecule has 3 atom stereocenters. The summed E-state index contributed by atoms with van der Waals surface area (Å²) in [5.41, 5.74) is 2.88. The third kappa shape index (κ3) is 2.73. The molecule has 22 heavy (non-hydrogen) atoms. The number of aryl methyl sites for hydroxylation is 1. The van der Waals surface area contributed by atoms with Crippen molar-refractivity contribution in [1.82, 2.24) is 15.5 Å².